The molecule has 0 amide bonds. The molecule has 0 fully saturated rings. The molecule has 0 bridgehead atoms. The third-order valence-electron chi connectivity index (χ3n) is 4.25. The Morgan fingerprint density at radius 1 is 0.964 bits per heavy atom. The van der Waals surface area contributed by atoms with Crippen LogP contribution in [0, 0.1) is 0 Å². The number of aromatic amines is 1. The smallest absolute Gasteiger partial charge is 0.366 e. The van der Waals surface area contributed by atoms with E-state index in [0.717, 1.165) is 5.56 Å². The van der Waals surface area contributed by atoms with Crippen molar-refractivity contribution in [3.8, 4) is 11.3 Å². The van der Waals surface area contributed by atoms with Gasteiger partial charge in [-0.3, -0.25) is 0 Å². The first-order valence-electron chi connectivity index (χ1n) is 8.69. The quantitative estimate of drug-likeness (QED) is 0.259. The fraction of sp³-hybridized carbons (Fsp3) is 0. The van der Waals surface area contributed by atoms with Gasteiger partial charge in [0, 0.05) is 28.6 Å². The minimum absolute atomic E-state index is 0.115. The highest BCUT2D eigenvalue weighted by Crippen LogP contribution is 2.25. The van der Waals surface area contributed by atoms with Crippen LogP contribution in [-0.4, -0.2) is 16.8 Å². The van der Waals surface area contributed by atoms with Crippen molar-refractivity contribution >= 4 is 22.7 Å². The van der Waals surface area contributed by atoms with E-state index in [1.807, 2.05) is 54.6 Å². The minimum Gasteiger partial charge on any atom is -0.380 e. The Bertz CT molecular complexity index is 1160. The summed E-state index contributed by atoms with van der Waals surface area (Å²) in [6.45, 7) is 0. The Morgan fingerprint density at radius 3 is 2.46 bits per heavy atom. The van der Waals surface area contributed by atoms with Gasteiger partial charge in [-0.25, -0.2) is 14.8 Å². The first-order valence-corrected chi connectivity index (χ1v) is 8.69. The molecule has 2 heterocycles. The van der Waals surface area contributed by atoms with Crippen LogP contribution in [0.25, 0.3) is 22.2 Å². The second-order valence-corrected chi connectivity index (χ2v) is 6.08. The number of pyridine rings is 2. The maximum atomic E-state index is 12.8. The molecular formula is C22H17N4O2+. The molecule has 0 atom stereocenters. The van der Waals surface area contributed by atoms with Crippen LogP contribution in [0.2, 0.25) is 0 Å². The number of aromatic nitrogens is 2. The number of fused-ring (bicyclic) bond motifs is 1. The molecule has 0 aliphatic rings. The first kappa shape index (κ1) is 17.4. The zero-order chi connectivity index (χ0) is 19.3. The predicted molar refractivity (Wildman–Crippen MR) is 106 cm³/mol. The number of H-pyrrole nitrogens is 1. The number of carbonyl (C=O) groups is 1. The standard InChI is InChI=1S/C22H16N4O2/c23-21(16-10-12-24-13-11-16)26-28-22(27)18-14-20(15-6-2-1-3-7-15)25-19-9-5-4-8-17(18)19/h1-14H,(H2,23,26)/p+1. The predicted octanol–water partition coefficient (Wildman–Crippen LogP) is 3.19. The van der Waals surface area contributed by atoms with Gasteiger partial charge < -0.3 is 10.6 Å². The molecule has 4 rings (SSSR count). The van der Waals surface area contributed by atoms with Crippen molar-refractivity contribution in [3.63, 3.8) is 0 Å². The van der Waals surface area contributed by atoms with E-state index in [2.05, 4.69) is 15.1 Å². The Kier molecular flexibility index (Phi) is 4.76. The van der Waals surface area contributed by atoms with Crippen LogP contribution in [0.1, 0.15) is 15.9 Å². The van der Waals surface area contributed by atoms with Gasteiger partial charge in [0.05, 0.1) is 16.8 Å². The van der Waals surface area contributed by atoms with Gasteiger partial charge >= 0.3 is 5.97 Å². The van der Waals surface area contributed by atoms with Gasteiger partial charge in [0.25, 0.3) is 0 Å². The summed E-state index contributed by atoms with van der Waals surface area (Å²) in [5.74, 6) is -0.481. The average molecular weight is 369 g/mol. The number of carbonyl (C=O) groups excluding carboxylic acids is 1. The van der Waals surface area contributed by atoms with Crippen LogP contribution in [0.5, 0.6) is 0 Å². The van der Waals surface area contributed by atoms with Crippen molar-refractivity contribution in [1.82, 2.24) is 4.98 Å². The molecule has 0 aliphatic heterocycles. The third-order valence-corrected chi connectivity index (χ3v) is 4.25. The van der Waals surface area contributed by atoms with Crippen LogP contribution >= 0.6 is 0 Å². The fourth-order valence-electron chi connectivity index (χ4n) is 2.85. The molecule has 0 spiro atoms. The lowest BCUT2D eigenvalue weighted by Gasteiger charge is -2.08. The molecule has 0 saturated carbocycles. The van der Waals surface area contributed by atoms with Gasteiger partial charge in [-0.2, -0.15) is 0 Å². The van der Waals surface area contributed by atoms with E-state index >= 15 is 0 Å². The first-order chi connectivity index (χ1) is 13.7. The highest BCUT2D eigenvalue weighted by atomic mass is 16.7. The largest absolute Gasteiger partial charge is 0.380 e. The van der Waals surface area contributed by atoms with Crippen LogP contribution in [0.3, 0.4) is 0 Å². The zero-order valence-electron chi connectivity index (χ0n) is 14.9. The van der Waals surface area contributed by atoms with Gasteiger partial charge in [-0.1, -0.05) is 53.7 Å². The van der Waals surface area contributed by atoms with Crippen LogP contribution in [-0.2, 0) is 4.84 Å². The summed E-state index contributed by atoms with van der Waals surface area (Å²) in [6, 6.07) is 22.3. The van der Waals surface area contributed by atoms with Crippen molar-refractivity contribution in [2.45, 2.75) is 0 Å². The van der Waals surface area contributed by atoms with Gasteiger partial charge in [-0.15, -0.1) is 0 Å². The maximum Gasteiger partial charge on any atom is 0.366 e. The summed E-state index contributed by atoms with van der Waals surface area (Å²) >= 11 is 0. The lowest BCUT2D eigenvalue weighted by Crippen LogP contribution is -2.16. The summed E-state index contributed by atoms with van der Waals surface area (Å²) in [5.41, 5.74) is 9.22. The molecule has 2 aromatic heterocycles. The number of para-hydroxylation sites is 1. The number of oxime groups is 1. The van der Waals surface area contributed by atoms with Crippen molar-refractivity contribution in [3.05, 3.63) is 96.3 Å². The molecule has 6 nitrogen and oxygen atoms in total. The van der Waals surface area contributed by atoms with Crippen LogP contribution < -0.4 is 10.7 Å². The monoisotopic (exact) mass is 369 g/mol. The van der Waals surface area contributed by atoms with Crippen LogP contribution in [0.4, 0.5) is 0 Å². The second-order valence-electron chi connectivity index (χ2n) is 6.08. The number of amidine groups is 1. The van der Waals surface area contributed by atoms with Crippen molar-refractivity contribution in [1.29, 1.82) is 0 Å². The van der Waals surface area contributed by atoms with E-state index in [1.165, 1.54) is 0 Å². The Hall–Kier alpha value is -4.06. The van der Waals surface area contributed by atoms with Gasteiger partial charge in [0.1, 0.15) is 0 Å². The number of hydrogen-bond donors (Lipinski definition) is 1. The normalized spacial score (nSPS) is 11.4. The van der Waals surface area contributed by atoms with Gasteiger partial charge in [-0.05, 0) is 12.1 Å². The number of nitrogens with one attached hydrogen (secondary N) is 1. The number of rotatable bonds is 4. The second kappa shape index (κ2) is 7.67. The fourth-order valence-corrected chi connectivity index (χ4v) is 2.85. The third kappa shape index (κ3) is 3.57. The Labute approximate surface area is 161 Å². The van der Waals surface area contributed by atoms with E-state index in [4.69, 9.17) is 10.6 Å². The lowest BCUT2D eigenvalue weighted by molar-refractivity contribution is -0.378. The van der Waals surface area contributed by atoms with E-state index in [1.54, 1.807) is 30.6 Å². The molecule has 0 unspecified atom stereocenters. The SMILES string of the molecule is NC(=NOC(=O)c1cc(-c2ccccc2)nc2ccccc12)c1cc[nH+]cc1. The average Bonchev–Trinajstić information content (AvgIpc) is 2.77. The lowest BCUT2D eigenvalue weighted by atomic mass is 10.0. The highest BCUT2D eigenvalue weighted by Gasteiger charge is 2.16. The van der Waals surface area contributed by atoms with Crippen LogP contribution in [0.15, 0.2) is 90.3 Å². The summed E-state index contributed by atoms with van der Waals surface area (Å²) in [5, 5.41) is 4.48. The summed E-state index contributed by atoms with van der Waals surface area (Å²) in [6.07, 6.45) is 3.42. The van der Waals surface area contributed by atoms with Crippen molar-refractivity contribution < 1.29 is 14.6 Å². The molecule has 2 aromatic carbocycles. The summed E-state index contributed by atoms with van der Waals surface area (Å²) < 4.78 is 0. The van der Waals surface area contributed by atoms with E-state index in [-0.39, 0.29) is 5.84 Å². The highest BCUT2D eigenvalue weighted by molar-refractivity contribution is 6.05. The molecule has 28 heavy (non-hydrogen) atoms. The maximum absolute atomic E-state index is 12.8. The molecule has 136 valence electrons. The Balaban J connectivity index is 1.72. The van der Waals surface area contributed by atoms with E-state index in [9.17, 15) is 4.79 Å². The topological polar surface area (TPSA) is 91.7 Å². The molecule has 6 heteroatoms. The molecule has 0 radical (unpaired) electrons. The molecule has 0 saturated heterocycles. The molecule has 0 aliphatic carbocycles. The van der Waals surface area contributed by atoms with Crippen molar-refractivity contribution in [2.75, 3.05) is 0 Å². The van der Waals surface area contributed by atoms with Crippen molar-refractivity contribution in [2.24, 2.45) is 10.9 Å². The van der Waals surface area contributed by atoms with E-state index in [0.29, 0.717) is 27.7 Å². The molecular weight excluding hydrogens is 352 g/mol. The Morgan fingerprint density at radius 2 is 1.68 bits per heavy atom. The minimum atomic E-state index is -0.596. The molecule has 3 N–H and O–H groups in total. The number of benzene rings is 2. The van der Waals surface area contributed by atoms with E-state index < -0.39 is 5.97 Å². The number of nitrogens with two attached hydrogens (primary N) is 1. The molecule has 4 aromatic rings. The number of nitrogens with zero attached hydrogens (tertiary/aromatic N) is 2. The summed E-state index contributed by atoms with van der Waals surface area (Å²) in [4.78, 5) is 25.4. The van der Waals surface area contributed by atoms with Gasteiger partial charge in [0.2, 0.25) is 0 Å². The summed E-state index contributed by atoms with van der Waals surface area (Å²) in [7, 11) is 0. The number of hydrogen-bond acceptors (Lipinski definition) is 4. The zero-order valence-corrected chi connectivity index (χ0v) is 14.9. The van der Waals surface area contributed by atoms with Gasteiger partial charge in [0.15, 0.2) is 18.2 Å².